The van der Waals surface area contributed by atoms with Crippen molar-refractivity contribution in [2.45, 2.75) is 27.2 Å². The van der Waals surface area contributed by atoms with Crippen LogP contribution in [0.15, 0.2) is 41.6 Å². The first-order chi connectivity index (χ1) is 9.20. The maximum Gasteiger partial charge on any atom is 0.116 e. The van der Waals surface area contributed by atoms with Gasteiger partial charge in [-0.2, -0.15) is 0 Å². The van der Waals surface area contributed by atoms with Crippen molar-refractivity contribution in [3.8, 4) is 10.4 Å². The molecule has 0 N–H and O–H groups in total. The van der Waals surface area contributed by atoms with Crippen molar-refractivity contribution in [3.63, 3.8) is 0 Å². The minimum Gasteiger partial charge on any atom is -0.396 e. The molecule has 1 aromatic carbocycles. The molecule has 2 aromatic rings. The maximum atomic E-state index is 5.22. The molecular weight excluding hydrogens is 254 g/mol. The minimum atomic E-state index is 0.674. The third-order valence-corrected chi connectivity index (χ3v) is 4.04. The first-order valence-corrected chi connectivity index (χ1v) is 7.36. The molecule has 19 heavy (non-hydrogen) atoms. The summed E-state index contributed by atoms with van der Waals surface area (Å²) in [4.78, 5) is 7.65. The maximum absolute atomic E-state index is 5.22. The van der Waals surface area contributed by atoms with Gasteiger partial charge in [-0.25, -0.2) is 0 Å². The van der Waals surface area contributed by atoms with Gasteiger partial charge in [-0.15, -0.1) is 11.3 Å². The normalized spacial score (nSPS) is 11.6. The molecular formula is C16H19NOS. The van der Waals surface area contributed by atoms with Crippen LogP contribution in [0.1, 0.15) is 30.7 Å². The smallest absolute Gasteiger partial charge is 0.116 e. The van der Waals surface area contributed by atoms with Gasteiger partial charge < -0.3 is 4.84 Å². The fourth-order valence-corrected chi connectivity index (χ4v) is 2.63. The zero-order valence-electron chi connectivity index (χ0n) is 11.6. The molecule has 2 nitrogen and oxygen atoms in total. The van der Waals surface area contributed by atoms with Crippen LogP contribution in [0.4, 0.5) is 0 Å². The molecule has 0 aliphatic heterocycles. The molecule has 0 radical (unpaired) electrons. The second-order valence-electron chi connectivity index (χ2n) is 4.54. The topological polar surface area (TPSA) is 21.6 Å². The number of oxime groups is 1. The predicted molar refractivity (Wildman–Crippen MR) is 82.9 cm³/mol. The van der Waals surface area contributed by atoms with E-state index in [1.165, 1.54) is 16.0 Å². The van der Waals surface area contributed by atoms with Gasteiger partial charge >= 0.3 is 0 Å². The Morgan fingerprint density at radius 2 is 1.89 bits per heavy atom. The van der Waals surface area contributed by atoms with Crippen LogP contribution in [0.3, 0.4) is 0 Å². The summed E-state index contributed by atoms with van der Waals surface area (Å²) in [6.07, 6.45) is 0.982. The standard InChI is InChI=1S/C16H19NOS/c1-4-11-18-17-13(3)15-9-10-16(19-15)14-7-5-12(2)6-8-14/h5-10H,4,11H2,1-3H3/b17-13+. The lowest BCUT2D eigenvalue weighted by Gasteiger charge is -1.99. The van der Waals surface area contributed by atoms with E-state index in [2.05, 4.69) is 55.4 Å². The van der Waals surface area contributed by atoms with Gasteiger partial charge in [-0.1, -0.05) is 41.9 Å². The highest BCUT2D eigenvalue weighted by Gasteiger charge is 2.05. The van der Waals surface area contributed by atoms with E-state index in [-0.39, 0.29) is 0 Å². The predicted octanol–water partition coefficient (Wildman–Crippen LogP) is 4.87. The molecule has 0 saturated carbocycles. The molecule has 0 aliphatic carbocycles. The van der Waals surface area contributed by atoms with E-state index in [9.17, 15) is 0 Å². The Balaban J connectivity index is 2.14. The van der Waals surface area contributed by atoms with Crippen LogP contribution in [0, 0.1) is 6.92 Å². The van der Waals surface area contributed by atoms with Gasteiger partial charge in [-0.05, 0) is 38.0 Å². The fraction of sp³-hybridized carbons (Fsp3) is 0.312. The van der Waals surface area contributed by atoms with Gasteiger partial charge in [0.25, 0.3) is 0 Å². The van der Waals surface area contributed by atoms with Gasteiger partial charge in [0, 0.05) is 4.88 Å². The Kier molecular flexibility index (Phi) is 4.74. The molecule has 0 unspecified atom stereocenters. The molecule has 0 saturated heterocycles. The van der Waals surface area contributed by atoms with E-state index in [0.29, 0.717) is 6.61 Å². The molecule has 0 amide bonds. The number of thiophene rings is 1. The van der Waals surface area contributed by atoms with Crippen molar-refractivity contribution in [1.29, 1.82) is 0 Å². The fourth-order valence-electron chi connectivity index (χ4n) is 1.68. The Morgan fingerprint density at radius 3 is 2.58 bits per heavy atom. The summed E-state index contributed by atoms with van der Waals surface area (Å²) in [5.41, 5.74) is 3.48. The lowest BCUT2D eigenvalue weighted by molar-refractivity contribution is 0.145. The SMILES string of the molecule is CCCO/N=C(\C)c1ccc(-c2ccc(C)cc2)s1. The van der Waals surface area contributed by atoms with Crippen LogP contribution < -0.4 is 0 Å². The minimum absolute atomic E-state index is 0.674. The highest BCUT2D eigenvalue weighted by atomic mass is 32.1. The number of benzene rings is 1. The van der Waals surface area contributed by atoms with Gasteiger partial charge in [0.2, 0.25) is 0 Å². The highest BCUT2D eigenvalue weighted by Crippen LogP contribution is 2.28. The second-order valence-corrected chi connectivity index (χ2v) is 5.62. The quantitative estimate of drug-likeness (QED) is 0.432. The van der Waals surface area contributed by atoms with Crippen LogP contribution in [-0.4, -0.2) is 12.3 Å². The Hall–Kier alpha value is -1.61. The van der Waals surface area contributed by atoms with Gasteiger partial charge in [0.05, 0.1) is 10.6 Å². The summed E-state index contributed by atoms with van der Waals surface area (Å²) in [6.45, 7) is 6.84. The first kappa shape index (κ1) is 13.8. The van der Waals surface area contributed by atoms with Crippen LogP contribution in [0.25, 0.3) is 10.4 Å². The van der Waals surface area contributed by atoms with Crippen molar-refractivity contribution < 1.29 is 4.84 Å². The number of hydrogen-bond donors (Lipinski definition) is 0. The largest absolute Gasteiger partial charge is 0.396 e. The summed E-state index contributed by atoms with van der Waals surface area (Å²) < 4.78 is 0. The molecule has 1 aromatic heterocycles. The molecule has 100 valence electrons. The number of hydrogen-bond acceptors (Lipinski definition) is 3. The lowest BCUT2D eigenvalue weighted by Crippen LogP contribution is -1.93. The highest BCUT2D eigenvalue weighted by molar-refractivity contribution is 7.17. The summed E-state index contributed by atoms with van der Waals surface area (Å²) in [5, 5.41) is 4.13. The summed E-state index contributed by atoms with van der Waals surface area (Å²) in [6, 6.07) is 12.8. The summed E-state index contributed by atoms with van der Waals surface area (Å²) in [7, 11) is 0. The van der Waals surface area contributed by atoms with E-state index in [1.807, 2.05) is 6.92 Å². The van der Waals surface area contributed by atoms with E-state index in [1.54, 1.807) is 11.3 Å². The van der Waals surface area contributed by atoms with Gasteiger partial charge in [-0.3, -0.25) is 0 Å². The molecule has 0 fully saturated rings. The summed E-state index contributed by atoms with van der Waals surface area (Å²) in [5.74, 6) is 0. The number of aryl methyl sites for hydroxylation is 1. The van der Waals surface area contributed by atoms with Crippen molar-refractivity contribution in [2.24, 2.45) is 5.16 Å². The third-order valence-electron chi connectivity index (χ3n) is 2.80. The zero-order valence-corrected chi connectivity index (χ0v) is 12.5. The molecule has 0 spiro atoms. The van der Waals surface area contributed by atoms with E-state index >= 15 is 0 Å². The molecule has 3 heteroatoms. The molecule has 2 rings (SSSR count). The molecule has 1 heterocycles. The van der Waals surface area contributed by atoms with Crippen molar-refractivity contribution >= 4 is 17.0 Å². The monoisotopic (exact) mass is 273 g/mol. The third kappa shape index (κ3) is 3.67. The van der Waals surface area contributed by atoms with Crippen LogP contribution in [0.5, 0.6) is 0 Å². The Labute approximate surface area is 118 Å². The van der Waals surface area contributed by atoms with E-state index in [0.717, 1.165) is 17.0 Å². The number of nitrogens with zero attached hydrogens (tertiary/aromatic N) is 1. The average molecular weight is 273 g/mol. The summed E-state index contributed by atoms with van der Waals surface area (Å²) >= 11 is 1.75. The molecule has 0 aliphatic rings. The lowest BCUT2D eigenvalue weighted by atomic mass is 10.1. The van der Waals surface area contributed by atoms with Crippen molar-refractivity contribution in [1.82, 2.24) is 0 Å². The molecule has 0 atom stereocenters. The van der Waals surface area contributed by atoms with Crippen molar-refractivity contribution in [3.05, 3.63) is 46.8 Å². The zero-order chi connectivity index (χ0) is 13.7. The first-order valence-electron chi connectivity index (χ1n) is 6.54. The van der Waals surface area contributed by atoms with Crippen LogP contribution in [0.2, 0.25) is 0 Å². The van der Waals surface area contributed by atoms with Gasteiger partial charge in [0.15, 0.2) is 0 Å². The Morgan fingerprint density at radius 1 is 1.16 bits per heavy atom. The van der Waals surface area contributed by atoms with Crippen LogP contribution in [-0.2, 0) is 4.84 Å². The van der Waals surface area contributed by atoms with E-state index in [4.69, 9.17) is 4.84 Å². The van der Waals surface area contributed by atoms with Crippen LogP contribution >= 0.6 is 11.3 Å². The van der Waals surface area contributed by atoms with Gasteiger partial charge in [0.1, 0.15) is 6.61 Å². The van der Waals surface area contributed by atoms with Crippen molar-refractivity contribution in [2.75, 3.05) is 6.61 Å². The van der Waals surface area contributed by atoms with E-state index < -0.39 is 0 Å². The second kappa shape index (κ2) is 6.53. The molecule has 0 bridgehead atoms. The average Bonchev–Trinajstić information content (AvgIpc) is 2.89. The Bertz CT molecular complexity index is 554. The number of rotatable bonds is 5.